The Bertz CT molecular complexity index is 1130. The molecule has 2 aromatic heterocycles. The van der Waals surface area contributed by atoms with Crippen LogP contribution in [0.15, 0.2) is 18.3 Å². The van der Waals surface area contributed by atoms with Crippen LogP contribution >= 0.6 is 0 Å². The standard InChI is InChI=1S/C27H40N6O3Si/c1-37(2,3)11-10-35-17-33-23(13-24(32-33)29-22-8-9-28-31-25(22)19-4-5-19)20-6-7-21(12-20)36-26(34)30-27-14-18(15-27)16-27/h8-9,13,18-21H,4-7,10-12,14-17H2,1-3H3,(H,30,34)(H,28,29,32)/t18?,20-,21+,27?/m0/s1. The first-order chi connectivity index (χ1) is 17.8. The van der Waals surface area contributed by atoms with Crippen LogP contribution in [0.4, 0.5) is 16.3 Å². The topological polar surface area (TPSA) is 103 Å². The minimum absolute atomic E-state index is 0.0489. The number of ether oxygens (including phenoxy) is 2. The maximum Gasteiger partial charge on any atom is 0.407 e. The molecule has 2 heterocycles. The van der Waals surface area contributed by atoms with E-state index in [9.17, 15) is 4.79 Å². The molecule has 1 amide bonds. The molecule has 0 aromatic carbocycles. The molecule has 10 heteroatoms. The number of alkyl carbamates (subject to hydrolysis) is 1. The van der Waals surface area contributed by atoms with Gasteiger partial charge in [0.15, 0.2) is 5.82 Å². The highest BCUT2D eigenvalue weighted by Crippen LogP contribution is 2.57. The Morgan fingerprint density at radius 2 is 1.95 bits per heavy atom. The average molecular weight is 525 g/mol. The van der Waals surface area contributed by atoms with Crippen molar-refractivity contribution < 1.29 is 14.3 Å². The summed E-state index contributed by atoms with van der Waals surface area (Å²) in [5.41, 5.74) is 3.18. The summed E-state index contributed by atoms with van der Waals surface area (Å²) in [6, 6.07) is 5.24. The predicted molar refractivity (Wildman–Crippen MR) is 144 cm³/mol. The highest BCUT2D eigenvalue weighted by molar-refractivity contribution is 6.76. The minimum Gasteiger partial charge on any atom is -0.446 e. The van der Waals surface area contributed by atoms with Crippen LogP contribution in [0.5, 0.6) is 0 Å². The van der Waals surface area contributed by atoms with Gasteiger partial charge in [-0.05, 0) is 69.4 Å². The number of hydrogen-bond donors (Lipinski definition) is 2. The van der Waals surface area contributed by atoms with Crippen LogP contribution in [-0.4, -0.2) is 52.4 Å². The fraction of sp³-hybridized carbons (Fsp3) is 0.704. The SMILES string of the molecule is C[Si](C)(C)CCOCn1nc(Nc2ccnnc2C2CC2)cc1[C@H]1CC[C@@H](OC(=O)NC23CC(C2)C3)C1. The Hall–Kier alpha value is -2.46. The van der Waals surface area contributed by atoms with Crippen molar-refractivity contribution >= 4 is 25.7 Å². The summed E-state index contributed by atoms with van der Waals surface area (Å²) in [5.74, 6) is 2.39. The van der Waals surface area contributed by atoms with Gasteiger partial charge >= 0.3 is 6.09 Å². The molecule has 2 N–H and O–H groups in total. The van der Waals surface area contributed by atoms with E-state index in [-0.39, 0.29) is 23.7 Å². The summed E-state index contributed by atoms with van der Waals surface area (Å²) in [4.78, 5) is 12.5. The third-order valence-electron chi connectivity index (χ3n) is 8.48. The molecular formula is C27H40N6O3Si. The van der Waals surface area contributed by atoms with Gasteiger partial charge in [0.1, 0.15) is 12.8 Å². The lowest BCUT2D eigenvalue weighted by Crippen LogP contribution is -2.68. The summed E-state index contributed by atoms with van der Waals surface area (Å²) < 4.78 is 13.9. The fourth-order valence-electron chi connectivity index (χ4n) is 6.04. The molecule has 0 unspecified atom stereocenters. The largest absolute Gasteiger partial charge is 0.446 e. The maximum atomic E-state index is 12.5. The van der Waals surface area contributed by atoms with Gasteiger partial charge in [-0.2, -0.15) is 15.3 Å². The van der Waals surface area contributed by atoms with Crippen molar-refractivity contribution in [3.63, 3.8) is 0 Å². The second kappa shape index (κ2) is 9.69. The number of anilines is 2. The molecule has 0 aliphatic heterocycles. The average Bonchev–Trinajstić information content (AvgIpc) is 3.41. The second-order valence-corrected chi connectivity index (χ2v) is 18.6. The monoisotopic (exact) mass is 524 g/mol. The quantitative estimate of drug-likeness (QED) is 0.295. The Morgan fingerprint density at radius 1 is 1.16 bits per heavy atom. The molecule has 0 spiro atoms. The molecule has 5 fully saturated rings. The smallest absolute Gasteiger partial charge is 0.407 e. The van der Waals surface area contributed by atoms with Crippen molar-refractivity contribution in [2.45, 2.75) is 107 Å². The number of nitrogens with zero attached hydrogens (tertiary/aromatic N) is 4. The molecule has 37 heavy (non-hydrogen) atoms. The van der Waals surface area contributed by atoms with Crippen LogP contribution in [0.1, 0.15) is 74.6 Å². The molecule has 0 saturated heterocycles. The normalized spacial score (nSPS) is 28.4. The van der Waals surface area contributed by atoms with E-state index in [2.05, 4.69) is 46.5 Å². The zero-order chi connectivity index (χ0) is 25.6. The summed E-state index contributed by atoms with van der Waals surface area (Å²) >= 11 is 0. The molecular weight excluding hydrogens is 484 g/mol. The number of aromatic nitrogens is 4. The molecule has 5 saturated carbocycles. The van der Waals surface area contributed by atoms with E-state index in [1.807, 2.05) is 10.7 Å². The number of nitrogens with one attached hydrogen (secondary N) is 2. The molecule has 2 aromatic rings. The zero-order valence-electron chi connectivity index (χ0n) is 22.3. The molecule has 200 valence electrons. The van der Waals surface area contributed by atoms with Crippen LogP contribution in [0.3, 0.4) is 0 Å². The van der Waals surface area contributed by atoms with Gasteiger partial charge in [0, 0.05) is 43.8 Å². The van der Waals surface area contributed by atoms with E-state index >= 15 is 0 Å². The van der Waals surface area contributed by atoms with Crippen LogP contribution in [0, 0.1) is 5.92 Å². The Kier molecular flexibility index (Phi) is 6.51. The highest BCUT2D eigenvalue weighted by Gasteiger charge is 2.57. The van der Waals surface area contributed by atoms with E-state index < -0.39 is 8.07 Å². The third-order valence-corrected chi connectivity index (χ3v) is 10.2. The first-order valence-electron chi connectivity index (χ1n) is 14.0. The first-order valence-corrected chi connectivity index (χ1v) is 17.7. The van der Waals surface area contributed by atoms with E-state index in [4.69, 9.17) is 14.6 Å². The van der Waals surface area contributed by atoms with Crippen LogP contribution in [0.2, 0.25) is 25.7 Å². The Labute approximate surface area is 220 Å². The molecule has 5 aliphatic carbocycles. The number of amides is 1. The highest BCUT2D eigenvalue weighted by atomic mass is 28.3. The predicted octanol–water partition coefficient (Wildman–Crippen LogP) is 5.52. The first kappa shape index (κ1) is 24.8. The maximum absolute atomic E-state index is 12.5. The summed E-state index contributed by atoms with van der Waals surface area (Å²) in [7, 11) is -1.16. The van der Waals surface area contributed by atoms with Crippen LogP contribution in [0.25, 0.3) is 0 Å². The van der Waals surface area contributed by atoms with E-state index in [1.165, 1.54) is 0 Å². The fourth-order valence-corrected chi connectivity index (χ4v) is 6.80. The van der Waals surface area contributed by atoms with Crippen molar-refractivity contribution in [3.8, 4) is 0 Å². The van der Waals surface area contributed by atoms with Crippen molar-refractivity contribution in [1.29, 1.82) is 0 Å². The lowest BCUT2D eigenvalue weighted by atomic mass is 9.50. The number of rotatable bonds is 11. The van der Waals surface area contributed by atoms with Gasteiger partial charge in [0.05, 0.1) is 17.6 Å². The lowest BCUT2D eigenvalue weighted by molar-refractivity contribution is -0.0506. The van der Waals surface area contributed by atoms with E-state index in [1.54, 1.807) is 6.20 Å². The van der Waals surface area contributed by atoms with Gasteiger partial charge in [-0.3, -0.25) is 0 Å². The van der Waals surface area contributed by atoms with Crippen molar-refractivity contribution in [2.75, 3.05) is 11.9 Å². The van der Waals surface area contributed by atoms with Crippen molar-refractivity contribution in [1.82, 2.24) is 25.3 Å². The molecule has 2 atom stereocenters. The van der Waals surface area contributed by atoms with E-state index in [0.717, 1.165) is 92.8 Å². The van der Waals surface area contributed by atoms with Gasteiger partial charge in [0.2, 0.25) is 0 Å². The van der Waals surface area contributed by atoms with Crippen molar-refractivity contribution in [3.05, 3.63) is 29.7 Å². The zero-order valence-corrected chi connectivity index (χ0v) is 23.3. The van der Waals surface area contributed by atoms with Crippen LogP contribution in [-0.2, 0) is 16.2 Å². The van der Waals surface area contributed by atoms with Gasteiger partial charge in [-0.25, -0.2) is 9.48 Å². The summed E-state index contributed by atoms with van der Waals surface area (Å²) in [5, 5.41) is 20.0. The number of carbonyl (C=O) groups is 1. The molecule has 7 rings (SSSR count). The van der Waals surface area contributed by atoms with Gasteiger partial charge in [-0.1, -0.05) is 19.6 Å². The summed E-state index contributed by atoms with van der Waals surface area (Å²) in [6.45, 7) is 8.26. The molecule has 5 aliphatic rings. The van der Waals surface area contributed by atoms with E-state index in [0.29, 0.717) is 12.6 Å². The van der Waals surface area contributed by atoms with Gasteiger partial charge in [-0.15, -0.1) is 0 Å². The van der Waals surface area contributed by atoms with Crippen molar-refractivity contribution in [2.24, 2.45) is 5.92 Å². The Morgan fingerprint density at radius 3 is 2.65 bits per heavy atom. The third kappa shape index (κ3) is 5.69. The minimum atomic E-state index is -1.16. The number of hydrogen-bond acceptors (Lipinski definition) is 7. The number of carbonyl (C=O) groups excluding carboxylic acids is 1. The van der Waals surface area contributed by atoms with Crippen LogP contribution < -0.4 is 10.6 Å². The van der Waals surface area contributed by atoms with Gasteiger partial charge in [0.25, 0.3) is 0 Å². The molecule has 9 nitrogen and oxygen atoms in total. The summed E-state index contributed by atoms with van der Waals surface area (Å²) in [6.07, 6.45) is 9.77. The lowest BCUT2D eigenvalue weighted by Gasteiger charge is -2.61. The second-order valence-electron chi connectivity index (χ2n) is 13.0. The van der Waals surface area contributed by atoms with Gasteiger partial charge < -0.3 is 20.1 Å². The molecule has 2 bridgehead atoms. The molecule has 0 radical (unpaired) electrons. The Balaban J connectivity index is 1.12.